The van der Waals surface area contributed by atoms with Gasteiger partial charge in [-0.3, -0.25) is 9.59 Å². The Kier molecular flexibility index (Phi) is 7.07. The van der Waals surface area contributed by atoms with Gasteiger partial charge in [-0.2, -0.15) is 5.10 Å². The van der Waals surface area contributed by atoms with Crippen LogP contribution in [0, 0.1) is 11.7 Å². The molecule has 1 saturated carbocycles. The Morgan fingerprint density at radius 2 is 2.11 bits per heavy atom. The van der Waals surface area contributed by atoms with Gasteiger partial charge in [0.2, 0.25) is 11.8 Å². The number of nitrogens with zero attached hydrogens (tertiary/aromatic N) is 2. The molecule has 1 heterocycles. The third kappa shape index (κ3) is 5.54. The number of benzene rings is 1. The molecule has 1 aromatic carbocycles. The average molecular weight is 425 g/mol. The molecule has 0 aromatic heterocycles. The van der Waals surface area contributed by atoms with E-state index < -0.39 is 11.1 Å². The van der Waals surface area contributed by atoms with Crippen LogP contribution < -0.4 is 10.6 Å². The highest BCUT2D eigenvalue weighted by Gasteiger charge is 2.32. The summed E-state index contributed by atoms with van der Waals surface area (Å²) < 4.78 is 13.2. The van der Waals surface area contributed by atoms with Gasteiger partial charge in [-0.15, -0.1) is 5.10 Å². The van der Waals surface area contributed by atoms with E-state index in [-0.39, 0.29) is 23.3 Å². The monoisotopic (exact) mass is 424 g/mol. The number of carbonyl (C=O) groups excluding carboxylic acids is 2. The van der Waals surface area contributed by atoms with E-state index in [0.29, 0.717) is 16.8 Å². The van der Waals surface area contributed by atoms with E-state index in [9.17, 15) is 14.0 Å². The fourth-order valence-electron chi connectivity index (χ4n) is 3.27. The number of amides is 2. The number of nitrogens with one attached hydrogen (secondary N) is 2. The van der Waals surface area contributed by atoms with Crippen LogP contribution in [0.2, 0.25) is 5.02 Å². The first-order valence-corrected chi connectivity index (χ1v) is 10.5. The summed E-state index contributed by atoms with van der Waals surface area (Å²) in [6.45, 7) is 1.97. The number of rotatable bonds is 5. The second kappa shape index (κ2) is 9.52. The molecular formula is C19H22ClFN4O2S. The average Bonchev–Trinajstić information content (AvgIpc) is 3.02. The van der Waals surface area contributed by atoms with Gasteiger partial charge in [-0.25, -0.2) is 4.39 Å². The SMILES string of the molecule is C/C(=N/N=C1\NC(=O)[C@H](CC(=O)Nc2ccc(F)c(Cl)c2)S1)C1CCCCC1. The van der Waals surface area contributed by atoms with Crippen molar-refractivity contribution in [2.45, 2.75) is 50.7 Å². The smallest absolute Gasteiger partial charge is 0.240 e. The van der Waals surface area contributed by atoms with Crippen molar-refractivity contribution in [3.8, 4) is 0 Å². The van der Waals surface area contributed by atoms with E-state index >= 15 is 0 Å². The van der Waals surface area contributed by atoms with Crippen molar-refractivity contribution in [2.24, 2.45) is 16.1 Å². The first-order valence-electron chi connectivity index (χ1n) is 9.27. The van der Waals surface area contributed by atoms with E-state index in [2.05, 4.69) is 20.8 Å². The van der Waals surface area contributed by atoms with Crippen molar-refractivity contribution in [3.63, 3.8) is 0 Å². The number of anilines is 1. The van der Waals surface area contributed by atoms with E-state index in [1.54, 1.807) is 0 Å². The quantitative estimate of drug-likeness (QED) is 0.544. The van der Waals surface area contributed by atoms with Crippen molar-refractivity contribution in [2.75, 3.05) is 5.32 Å². The highest BCUT2D eigenvalue weighted by molar-refractivity contribution is 8.15. The van der Waals surface area contributed by atoms with Crippen LogP contribution in [0.1, 0.15) is 45.4 Å². The summed E-state index contributed by atoms with van der Waals surface area (Å²) in [6, 6.07) is 3.91. The Morgan fingerprint density at radius 3 is 2.82 bits per heavy atom. The number of carbonyl (C=O) groups is 2. The van der Waals surface area contributed by atoms with Gasteiger partial charge in [0, 0.05) is 17.8 Å². The number of hydrogen-bond donors (Lipinski definition) is 2. The number of hydrogen-bond acceptors (Lipinski definition) is 5. The summed E-state index contributed by atoms with van der Waals surface area (Å²) in [5, 5.41) is 13.5. The zero-order valence-corrected chi connectivity index (χ0v) is 17.1. The second-order valence-corrected chi connectivity index (χ2v) is 8.56. The molecule has 2 fully saturated rings. The molecule has 0 spiro atoms. The van der Waals surface area contributed by atoms with Crippen LogP contribution in [-0.2, 0) is 9.59 Å². The molecule has 0 unspecified atom stereocenters. The van der Waals surface area contributed by atoms with Crippen LogP contribution in [-0.4, -0.2) is 27.9 Å². The van der Waals surface area contributed by atoms with Gasteiger partial charge in [-0.05, 0) is 43.9 Å². The Morgan fingerprint density at radius 1 is 1.36 bits per heavy atom. The van der Waals surface area contributed by atoms with Crippen molar-refractivity contribution in [1.29, 1.82) is 0 Å². The van der Waals surface area contributed by atoms with Crippen molar-refractivity contribution >= 4 is 51.7 Å². The zero-order chi connectivity index (χ0) is 20.1. The fourth-order valence-corrected chi connectivity index (χ4v) is 4.37. The van der Waals surface area contributed by atoms with Gasteiger partial charge in [-0.1, -0.05) is 42.6 Å². The Bertz CT molecular complexity index is 824. The summed E-state index contributed by atoms with van der Waals surface area (Å²) in [5.74, 6) is -0.736. The molecule has 0 bridgehead atoms. The van der Waals surface area contributed by atoms with Gasteiger partial charge in [0.1, 0.15) is 11.1 Å². The number of thioether (sulfide) groups is 1. The van der Waals surface area contributed by atoms with Crippen molar-refractivity contribution in [3.05, 3.63) is 29.0 Å². The van der Waals surface area contributed by atoms with Crippen LogP contribution in [0.4, 0.5) is 10.1 Å². The van der Waals surface area contributed by atoms with Crippen LogP contribution in [0.15, 0.2) is 28.4 Å². The van der Waals surface area contributed by atoms with Crippen LogP contribution in [0.5, 0.6) is 0 Å². The molecular weight excluding hydrogens is 403 g/mol. The second-order valence-electron chi connectivity index (χ2n) is 6.96. The van der Waals surface area contributed by atoms with E-state index in [1.807, 2.05) is 6.92 Å². The molecule has 150 valence electrons. The van der Waals surface area contributed by atoms with E-state index in [1.165, 1.54) is 49.2 Å². The first kappa shape index (κ1) is 20.8. The highest BCUT2D eigenvalue weighted by atomic mass is 35.5. The summed E-state index contributed by atoms with van der Waals surface area (Å²) in [6.07, 6.45) is 5.95. The Balaban J connectivity index is 1.54. The number of amidine groups is 1. The van der Waals surface area contributed by atoms with Gasteiger partial charge in [0.05, 0.1) is 5.02 Å². The van der Waals surface area contributed by atoms with Gasteiger partial charge in [0.15, 0.2) is 5.17 Å². The fraction of sp³-hybridized carbons (Fsp3) is 0.474. The minimum absolute atomic E-state index is 0.0319. The Hall–Kier alpha value is -1.93. The minimum Gasteiger partial charge on any atom is -0.326 e. The van der Waals surface area contributed by atoms with Gasteiger partial charge >= 0.3 is 0 Å². The van der Waals surface area contributed by atoms with Gasteiger partial charge in [0.25, 0.3) is 0 Å². The molecule has 28 heavy (non-hydrogen) atoms. The molecule has 1 aliphatic carbocycles. The molecule has 9 heteroatoms. The maximum atomic E-state index is 13.2. The zero-order valence-electron chi connectivity index (χ0n) is 15.5. The lowest BCUT2D eigenvalue weighted by Gasteiger charge is -2.20. The predicted molar refractivity (Wildman–Crippen MR) is 111 cm³/mol. The number of halogens is 2. The van der Waals surface area contributed by atoms with E-state index in [0.717, 1.165) is 18.6 Å². The molecule has 1 aliphatic heterocycles. The summed E-state index contributed by atoms with van der Waals surface area (Å²) in [4.78, 5) is 24.3. The molecule has 6 nitrogen and oxygen atoms in total. The van der Waals surface area contributed by atoms with Crippen LogP contribution in [0.3, 0.4) is 0 Å². The van der Waals surface area contributed by atoms with E-state index in [4.69, 9.17) is 11.6 Å². The van der Waals surface area contributed by atoms with Crippen molar-refractivity contribution in [1.82, 2.24) is 5.32 Å². The van der Waals surface area contributed by atoms with Crippen LogP contribution >= 0.6 is 23.4 Å². The molecule has 2 aliphatic rings. The summed E-state index contributed by atoms with van der Waals surface area (Å²) in [5.41, 5.74) is 1.36. The summed E-state index contributed by atoms with van der Waals surface area (Å²) >= 11 is 6.89. The molecule has 2 amide bonds. The molecule has 0 radical (unpaired) electrons. The predicted octanol–water partition coefficient (Wildman–Crippen LogP) is 4.35. The minimum atomic E-state index is -0.583. The van der Waals surface area contributed by atoms with Crippen molar-refractivity contribution < 1.29 is 14.0 Å². The Labute approximate surface area is 172 Å². The topological polar surface area (TPSA) is 82.9 Å². The molecule has 1 atom stereocenters. The lowest BCUT2D eigenvalue weighted by molar-refractivity contribution is -0.122. The third-order valence-corrected chi connectivity index (χ3v) is 6.21. The lowest BCUT2D eigenvalue weighted by Crippen LogP contribution is -2.28. The molecule has 3 rings (SSSR count). The van der Waals surface area contributed by atoms with Gasteiger partial charge < -0.3 is 10.6 Å². The largest absolute Gasteiger partial charge is 0.326 e. The standard InChI is InChI=1S/C19H22ClFN4O2S/c1-11(12-5-3-2-4-6-12)24-25-19-23-18(27)16(28-19)10-17(26)22-13-7-8-15(21)14(20)9-13/h7-9,12,16H,2-6,10H2,1H3,(H,22,26)(H,23,25,27)/b24-11-/t16-/m0/s1. The molecule has 1 saturated heterocycles. The molecule has 1 aromatic rings. The normalized spacial score (nSPS) is 22.4. The molecule has 2 N–H and O–H groups in total. The first-order chi connectivity index (χ1) is 13.4. The highest BCUT2D eigenvalue weighted by Crippen LogP contribution is 2.26. The third-order valence-electron chi connectivity index (χ3n) is 4.85. The lowest BCUT2D eigenvalue weighted by atomic mass is 9.86. The summed E-state index contributed by atoms with van der Waals surface area (Å²) in [7, 11) is 0. The van der Waals surface area contributed by atoms with Crippen LogP contribution in [0.25, 0.3) is 0 Å². The maximum absolute atomic E-state index is 13.2. The maximum Gasteiger partial charge on any atom is 0.240 e.